The Kier molecular flexibility index (Phi) is 3.53. The lowest BCUT2D eigenvalue weighted by Crippen LogP contribution is -2.36. The van der Waals surface area contributed by atoms with Gasteiger partial charge in [0.15, 0.2) is 0 Å². The Balaban J connectivity index is 2.35. The highest BCUT2D eigenvalue weighted by molar-refractivity contribution is 5.41. The lowest BCUT2D eigenvalue weighted by Gasteiger charge is -2.39. The summed E-state index contributed by atoms with van der Waals surface area (Å²) >= 11 is 0. The number of fused-ring (bicyclic) bond motifs is 1. The molecule has 0 spiro atoms. The van der Waals surface area contributed by atoms with Gasteiger partial charge < -0.3 is 4.74 Å². The van der Waals surface area contributed by atoms with Gasteiger partial charge in [0, 0.05) is 0 Å². The maximum Gasteiger partial charge on any atom is 0.0855 e. The molecule has 0 aromatic rings. The SMILES string of the molecule is C/C=C1\C(C)=C2CCCC[C@H]2O[C@@H]1C(C)C. The van der Waals surface area contributed by atoms with E-state index in [1.807, 2.05) is 0 Å². The third-order valence-corrected chi connectivity index (χ3v) is 4.00. The molecule has 2 rings (SSSR count). The van der Waals surface area contributed by atoms with Gasteiger partial charge in [-0.2, -0.15) is 0 Å². The van der Waals surface area contributed by atoms with Gasteiger partial charge >= 0.3 is 0 Å². The van der Waals surface area contributed by atoms with Crippen molar-refractivity contribution in [1.29, 1.82) is 0 Å². The third-order valence-electron chi connectivity index (χ3n) is 4.00. The van der Waals surface area contributed by atoms with Gasteiger partial charge in [0.25, 0.3) is 0 Å². The molecule has 1 fully saturated rings. The van der Waals surface area contributed by atoms with Crippen molar-refractivity contribution in [3.05, 3.63) is 22.8 Å². The smallest absolute Gasteiger partial charge is 0.0855 e. The van der Waals surface area contributed by atoms with Gasteiger partial charge in [-0.3, -0.25) is 0 Å². The quantitative estimate of drug-likeness (QED) is 0.642. The Morgan fingerprint density at radius 1 is 1.31 bits per heavy atom. The summed E-state index contributed by atoms with van der Waals surface area (Å²) in [4.78, 5) is 0. The average Bonchev–Trinajstić information content (AvgIpc) is 2.29. The predicted molar refractivity (Wildman–Crippen MR) is 68.4 cm³/mol. The van der Waals surface area contributed by atoms with E-state index in [0.717, 1.165) is 0 Å². The average molecular weight is 220 g/mol. The fourth-order valence-corrected chi connectivity index (χ4v) is 3.11. The van der Waals surface area contributed by atoms with E-state index in [2.05, 4.69) is 33.8 Å². The van der Waals surface area contributed by atoms with Crippen molar-refractivity contribution in [2.24, 2.45) is 5.92 Å². The van der Waals surface area contributed by atoms with Crippen molar-refractivity contribution in [1.82, 2.24) is 0 Å². The first kappa shape index (κ1) is 11.9. The molecular weight excluding hydrogens is 196 g/mol. The zero-order valence-electron chi connectivity index (χ0n) is 11.0. The molecule has 0 N–H and O–H groups in total. The van der Waals surface area contributed by atoms with Crippen LogP contribution in [-0.2, 0) is 4.74 Å². The van der Waals surface area contributed by atoms with Crippen LogP contribution >= 0.6 is 0 Å². The molecule has 0 amide bonds. The predicted octanol–water partition coefficient (Wildman–Crippen LogP) is 4.25. The van der Waals surface area contributed by atoms with Gasteiger partial charge in [-0.1, -0.05) is 26.3 Å². The van der Waals surface area contributed by atoms with Crippen molar-refractivity contribution < 1.29 is 4.74 Å². The van der Waals surface area contributed by atoms with Crippen molar-refractivity contribution in [2.75, 3.05) is 0 Å². The van der Waals surface area contributed by atoms with E-state index in [1.165, 1.54) is 36.8 Å². The molecule has 1 nitrogen and oxygen atoms in total. The molecule has 2 atom stereocenters. The fraction of sp³-hybridized carbons (Fsp3) is 0.733. The third kappa shape index (κ3) is 1.98. The molecule has 1 heteroatoms. The summed E-state index contributed by atoms with van der Waals surface area (Å²) in [7, 11) is 0. The lowest BCUT2D eigenvalue weighted by atomic mass is 9.80. The first-order valence-corrected chi connectivity index (χ1v) is 6.66. The minimum atomic E-state index is 0.317. The monoisotopic (exact) mass is 220 g/mol. The second kappa shape index (κ2) is 4.75. The Morgan fingerprint density at radius 3 is 2.69 bits per heavy atom. The second-order valence-corrected chi connectivity index (χ2v) is 5.43. The van der Waals surface area contributed by atoms with Crippen LogP contribution in [0.4, 0.5) is 0 Å². The summed E-state index contributed by atoms with van der Waals surface area (Å²) in [5.41, 5.74) is 4.54. The van der Waals surface area contributed by atoms with Gasteiger partial charge in [-0.05, 0) is 55.7 Å². The number of hydrogen-bond donors (Lipinski definition) is 0. The minimum Gasteiger partial charge on any atom is -0.366 e. The Labute approximate surface area is 99.6 Å². The molecule has 90 valence electrons. The summed E-state index contributed by atoms with van der Waals surface area (Å²) in [6, 6.07) is 0. The van der Waals surface area contributed by atoms with E-state index in [9.17, 15) is 0 Å². The van der Waals surface area contributed by atoms with Crippen LogP contribution in [0.1, 0.15) is 53.4 Å². The van der Waals surface area contributed by atoms with E-state index in [4.69, 9.17) is 4.74 Å². The standard InChI is InChI=1S/C15H24O/c1-5-12-11(4)13-8-6-7-9-14(13)16-15(12)10(2)3/h5,10,14-15H,6-9H2,1-4H3/b12-5+/t14-,15-/m1/s1. The van der Waals surface area contributed by atoms with Gasteiger partial charge in [0.05, 0.1) is 12.2 Å². The largest absolute Gasteiger partial charge is 0.366 e. The lowest BCUT2D eigenvalue weighted by molar-refractivity contribution is -0.0153. The minimum absolute atomic E-state index is 0.317. The Hall–Kier alpha value is -0.560. The summed E-state index contributed by atoms with van der Waals surface area (Å²) in [5.74, 6) is 0.574. The van der Waals surface area contributed by atoms with Crippen LogP contribution in [0.2, 0.25) is 0 Å². The van der Waals surface area contributed by atoms with Crippen LogP contribution in [0.5, 0.6) is 0 Å². The highest BCUT2D eigenvalue weighted by atomic mass is 16.5. The van der Waals surface area contributed by atoms with Crippen LogP contribution in [0.25, 0.3) is 0 Å². The number of hydrogen-bond acceptors (Lipinski definition) is 1. The van der Waals surface area contributed by atoms with Crippen molar-refractivity contribution in [3.8, 4) is 0 Å². The molecule has 0 bridgehead atoms. The van der Waals surface area contributed by atoms with Crippen LogP contribution in [0.15, 0.2) is 22.8 Å². The summed E-state index contributed by atoms with van der Waals surface area (Å²) < 4.78 is 6.30. The van der Waals surface area contributed by atoms with Gasteiger partial charge in [-0.25, -0.2) is 0 Å². The van der Waals surface area contributed by atoms with Crippen molar-refractivity contribution >= 4 is 0 Å². The van der Waals surface area contributed by atoms with Gasteiger partial charge in [-0.15, -0.1) is 0 Å². The highest BCUT2D eigenvalue weighted by Crippen LogP contribution is 2.39. The number of rotatable bonds is 1. The summed E-state index contributed by atoms with van der Waals surface area (Å²) in [5, 5.41) is 0. The maximum absolute atomic E-state index is 6.30. The highest BCUT2D eigenvalue weighted by Gasteiger charge is 2.33. The topological polar surface area (TPSA) is 9.23 Å². The summed E-state index contributed by atoms with van der Waals surface area (Å²) in [6.45, 7) is 8.95. The first-order chi connectivity index (χ1) is 7.65. The van der Waals surface area contributed by atoms with Crippen LogP contribution in [0.3, 0.4) is 0 Å². The maximum atomic E-state index is 6.30. The molecule has 1 aliphatic heterocycles. The van der Waals surface area contributed by atoms with Crippen LogP contribution in [0, 0.1) is 5.92 Å². The van der Waals surface area contributed by atoms with Gasteiger partial charge in [0.2, 0.25) is 0 Å². The van der Waals surface area contributed by atoms with Crippen LogP contribution < -0.4 is 0 Å². The second-order valence-electron chi connectivity index (χ2n) is 5.43. The molecule has 0 unspecified atom stereocenters. The van der Waals surface area contributed by atoms with E-state index in [0.29, 0.717) is 18.1 Å². The molecular formula is C15H24O. The fourth-order valence-electron chi connectivity index (χ4n) is 3.11. The molecule has 1 heterocycles. The zero-order chi connectivity index (χ0) is 11.7. The molecule has 1 saturated carbocycles. The molecule has 16 heavy (non-hydrogen) atoms. The number of allylic oxidation sites excluding steroid dienone is 1. The van der Waals surface area contributed by atoms with Crippen molar-refractivity contribution in [2.45, 2.75) is 65.6 Å². The zero-order valence-corrected chi connectivity index (χ0v) is 11.0. The number of ether oxygens (including phenoxy) is 1. The van der Waals surface area contributed by atoms with Crippen molar-refractivity contribution in [3.63, 3.8) is 0 Å². The first-order valence-electron chi connectivity index (χ1n) is 6.66. The van der Waals surface area contributed by atoms with E-state index >= 15 is 0 Å². The molecule has 0 aromatic carbocycles. The molecule has 0 aromatic heterocycles. The molecule has 0 saturated heterocycles. The molecule has 2 aliphatic rings. The molecule has 0 radical (unpaired) electrons. The summed E-state index contributed by atoms with van der Waals surface area (Å²) in [6.07, 6.45) is 8.14. The molecule has 1 aliphatic carbocycles. The Morgan fingerprint density at radius 2 is 2.06 bits per heavy atom. The van der Waals surface area contributed by atoms with Gasteiger partial charge in [0.1, 0.15) is 0 Å². The van der Waals surface area contributed by atoms with Crippen LogP contribution in [-0.4, -0.2) is 12.2 Å². The Bertz CT molecular complexity index is 322. The van der Waals surface area contributed by atoms with E-state index in [1.54, 1.807) is 5.57 Å². The normalized spacial score (nSPS) is 33.4. The van der Waals surface area contributed by atoms with E-state index in [-0.39, 0.29) is 0 Å². The van der Waals surface area contributed by atoms with E-state index < -0.39 is 0 Å².